The number of anilines is 1. The van der Waals surface area contributed by atoms with Gasteiger partial charge in [-0.1, -0.05) is 50.2 Å². The highest BCUT2D eigenvalue weighted by molar-refractivity contribution is 5.94. The Morgan fingerprint density at radius 1 is 1.00 bits per heavy atom. The molecule has 29 heavy (non-hydrogen) atoms. The summed E-state index contributed by atoms with van der Waals surface area (Å²) in [5, 5.41) is 5.85. The highest BCUT2D eigenvalue weighted by Crippen LogP contribution is 2.22. The first kappa shape index (κ1) is 22.4. The molecule has 0 heterocycles. The molecule has 2 N–H and O–H groups in total. The summed E-state index contributed by atoms with van der Waals surface area (Å²) < 4.78 is 5.25. The minimum Gasteiger partial charge on any atom is -0.495 e. The number of amides is 2. The third-order valence-corrected chi connectivity index (χ3v) is 4.83. The molecule has 0 unspecified atom stereocenters. The molecule has 6 heteroatoms. The average Bonchev–Trinajstić information content (AvgIpc) is 2.73. The van der Waals surface area contributed by atoms with Gasteiger partial charge in [0.15, 0.2) is 0 Å². The molecule has 156 valence electrons. The van der Waals surface area contributed by atoms with Crippen molar-refractivity contribution in [2.24, 2.45) is 0 Å². The molecule has 0 aliphatic rings. The lowest BCUT2D eigenvalue weighted by molar-refractivity contribution is -0.123. The quantitative estimate of drug-likeness (QED) is 0.645. The van der Waals surface area contributed by atoms with Crippen molar-refractivity contribution in [1.29, 1.82) is 0 Å². The molecule has 0 aliphatic carbocycles. The molecule has 0 aliphatic heterocycles. The smallest absolute Gasteiger partial charge is 0.238 e. The van der Waals surface area contributed by atoms with Gasteiger partial charge in [-0.25, -0.2) is 0 Å². The summed E-state index contributed by atoms with van der Waals surface area (Å²) in [6, 6.07) is 15.4. The van der Waals surface area contributed by atoms with Crippen molar-refractivity contribution in [2.45, 2.75) is 33.2 Å². The van der Waals surface area contributed by atoms with Gasteiger partial charge in [0.05, 0.1) is 31.9 Å². The first-order valence-electron chi connectivity index (χ1n) is 10.00. The molecule has 6 nitrogen and oxygen atoms in total. The van der Waals surface area contributed by atoms with E-state index in [2.05, 4.69) is 29.7 Å². The molecule has 0 fully saturated rings. The lowest BCUT2D eigenvalue weighted by atomic mass is 10.1. The second-order valence-corrected chi connectivity index (χ2v) is 6.94. The van der Waals surface area contributed by atoms with E-state index in [1.54, 1.807) is 24.1 Å². The SMILES string of the molecule is CCc1ccc([C@H](C)NC(=O)CN(CC)CC(=O)Nc2ccccc2OC)cc1. The average molecular weight is 398 g/mol. The van der Waals surface area contributed by atoms with E-state index < -0.39 is 0 Å². The fourth-order valence-electron chi connectivity index (χ4n) is 3.04. The number of hydrogen-bond donors (Lipinski definition) is 2. The number of likely N-dealkylation sites (N-methyl/N-ethyl adjacent to an activating group) is 1. The lowest BCUT2D eigenvalue weighted by Crippen LogP contribution is -2.41. The number of aryl methyl sites for hydroxylation is 1. The van der Waals surface area contributed by atoms with Crippen LogP contribution >= 0.6 is 0 Å². The third kappa shape index (κ3) is 6.91. The van der Waals surface area contributed by atoms with Crippen molar-refractivity contribution >= 4 is 17.5 Å². The van der Waals surface area contributed by atoms with Gasteiger partial charge in [0.25, 0.3) is 0 Å². The maximum Gasteiger partial charge on any atom is 0.238 e. The van der Waals surface area contributed by atoms with Crippen molar-refractivity contribution in [3.05, 3.63) is 59.7 Å². The second-order valence-electron chi connectivity index (χ2n) is 6.94. The lowest BCUT2D eigenvalue weighted by Gasteiger charge is -2.21. The van der Waals surface area contributed by atoms with E-state index in [1.807, 2.05) is 38.1 Å². The maximum atomic E-state index is 12.5. The molecule has 0 aromatic heterocycles. The number of nitrogens with one attached hydrogen (secondary N) is 2. The van der Waals surface area contributed by atoms with Crippen LogP contribution in [0.25, 0.3) is 0 Å². The summed E-state index contributed by atoms with van der Waals surface area (Å²) >= 11 is 0. The molecule has 2 amide bonds. The van der Waals surface area contributed by atoms with Gasteiger partial charge in [0.2, 0.25) is 11.8 Å². The Bertz CT molecular complexity index is 805. The zero-order chi connectivity index (χ0) is 21.2. The van der Waals surface area contributed by atoms with Gasteiger partial charge in [0.1, 0.15) is 5.75 Å². The normalized spacial score (nSPS) is 11.8. The summed E-state index contributed by atoms with van der Waals surface area (Å²) in [7, 11) is 1.56. The Balaban J connectivity index is 1.87. The number of carbonyl (C=O) groups is 2. The Morgan fingerprint density at radius 3 is 2.28 bits per heavy atom. The van der Waals surface area contributed by atoms with Crippen LogP contribution in [0, 0.1) is 0 Å². The van der Waals surface area contributed by atoms with Crippen LogP contribution in [0.2, 0.25) is 0 Å². The van der Waals surface area contributed by atoms with Gasteiger partial charge in [-0.2, -0.15) is 0 Å². The number of carbonyl (C=O) groups excluding carboxylic acids is 2. The van der Waals surface area contributed by atoms with Gasteiger partial charge < -0.3 is 15.4 Å². The van der Waals surface area contributed by atoms with Gasteiger partial charge in [-0.3, -0.25) is 14.5 Å². The van der Waals surface area contributed by atoms with E-state index in [1.165, 1.54) is 5.56 Å². The van der Waals surface area contributed by atoms with Gasteiger partial charge in [-0.15, -0.1) is 0 Å². The number of ether oxygens (including phenoxy) is 1. The summed E-state index contributed by atoms with van der Waals surface area (Å²) in [5.41, 5.74) is 2.95. The number of nitrogens with zero attached hydrogens (tertiary/aromatic N) is 1. The Labute approximate surface area is 173 Å². The summed E-state index contributed by atoms with van der Waals surface area (Å²) in [5.74, 6) is 0.306. The van der Waals surface area contributed by atoms with E-state index in [-0.39, 0.29) is 30.9 Å². The first-order valence-corrected chi connectivity index (χ1v) is 10.00. The van der Waals surface area contributed by atoms with Gasteiger partial charge >= 0.3 is 0 Å². The molecule has 1 atom stereocenters. The zero-order valence-corrected chi connectivity index (χ0v) is 17.7. The maximum absolute atomic E-state index is 12.5. The van der Waals surface area contributed by atoms with Gasteiger partial charge in [-0.05, 0) is 43.1 Å². The molecule has 0 spiro atoms. The molecule has 0 radical (unpaired) electrons. The van der Waals surface area contributed by atoms with Crippen LogP contribution in [-0.2, 0) is 16.0 Å². The fraction of sp³-hybridized carbons (Fsp3) is 0.391. The van der Waals surface area contributed by atoms with Crippen LogP contribution in [-0.4, -0.2) is 43.5 Å². The number of para-hydroxylation sites is 2. The monoisotopic (exact) mass is 397 g/mol. The largest absolute Gasteiger partial charge is 0.495 e. The van der Waals surface area contributed by atoms with Crippen molar-refractivity contribution in [3.63, 3.8) is 0 Å². The summed E-state index contributed by atoms with van der Waals surface area (Å²) in [4.78, 5) is 26.6. The van der Waals surface area contributed by atoms with Crippen molar-refractivity contribution in [3.8, 4) is 5.75 Å². The molecule has 2 aromatic rings. The van der Waals surface area contributed by atoms with E-state index in [0.29, 0.717) is 18.0 Å². The minimum atomic E-state index is -0.188. The second kappa shape index (κ2) is 11.2. The first-order chi connectivity index (χ1) is 14.0. The fourth-order valence-corrected chi connectivity index (χ4v) is 3.04. The van der Waals surface area contributed by atoms with Crippen LogP contribution < -0.4 is 15.4 Å². The van der Waals surface area contributed by atoms with Crippen molar-refractivity contribution < 1.29 is 14.3 Å². The van der Waals surface area contributed by atoms with E-state index in [9.17, 15) is 9.59 Å². The van der Waals surface area contributed by atoms with E-state index >= 15 is 0 Å². The Morgan fingerprint density at radius 2 is 1.66 bits per heavy atom. The molecule has 0 saturated heterocycles. The third-order valence-electron chi connectivity index (χ3n) is 4.83. The van der Waals surface area contributed by atoms with Crippen LogP contribution in [0.1, 0.15) is 37.9 Å². The highest BCUT2D eigenvalue weighted by atomic mass is 16.5. The minimum absolute atomic E-state index is 0.0884. The Hall–Kier alpha value is -2.86. The van der Waals surface area contributed by atoms with Crippen LogP contribution in [0.15, 0.2) is 48.5 Å². The molecular weight excluding hydrogens is 366 g/mol. The van der Waals surface area contributed by atoms with Crippen LogP contribution in [0.5, 0.6) is 5.75 Å². The number of methoxy groups -OCH3 is 1. The van der Waals surface area contributed by atoms with Crippen LogP contribution in [0.4, 0.5) is 5.69 Å². The zero-order valence-electron chi connectivity index (χ0n) is 17.7. The molecular formula is C23H31N3O3. The Kier molecular flexibility index (Phi) is 8.68. The number of hydrogen-bond acceptors (Lipinski definition) is 4. The molecule has 2 aromatic carbocycles. The summed E-state index contributed by atoms with van der Waals surface area (Å²) in [6.07, 6.45) is 0.989. The standard InChI is InChI=1S/C23H31N3O3/c1-5-18-11-13-19(14-12-18)17(3)24-22(27)15-26(6-2)16-23(28)25-20-9-7-8-10-21(20)29-4/h7-14,17H,5-6,15-16H2,1-4H3,(H,24,27)(H,25,28)/t17-/m0/s1. The van der Waals surface area contributed by atoms with Crippen molar-refractivity contribution in [1.82, 2.24) is 10.2 Å². The van der Waals surface area contributed by atoms with Crippen LogP contribution in [0.3, 0.4) is 0 Å². The van der Waals surface area contributed by atoms with Crippen molar-refractivity contribution in [2.75, 3.05) is 32.1 Å². The topological polar surface area (TPSA) is 70.7 Å². The predicted molar refractivity (Wildman–Crippen MR) is 116 cm³/mol. The molecule has 0 saturated carbocycles. The summed E-state index contributed by atoms with van der Waals surface area (Å²) in [6.45, 7) is 6.88. The van der Waals surface area contributed by atoms with Gasteiger partial charge in [0, 0.05) is 0 Å². The number of rotatable bonds is 10. The predicted octanol–water partition coefficient (Wildman–Crippen LogP) is 3.40. The highest BCUT2D eigenvalue weighted by Gasteiger charge is 2.16. The van der Waals surface area contributed by atoms with E-state index in [0.717, 1.165) is 12.0 Å². The molecule has 2 rings (SSSR count). The van der Waals surface area contributed by atoms with E-state index in [4.69, 9.17) is 4.74 Å². The number of benzene rings is 2. The molecule has 0 bridgehead atoms.